The minimum atomic E-state index is 0.197. The zero-order valence-electron chi connectivity index (χ0n) is 14.9. The summed E-state index contributed by atoms with van der Waals surface area (Å²) >= 11 is 0. The lowest BCUT2D eigenvalue weighted by Gasteiger charge is -2.26. The summed E-state index contributed by atoms with van der Waals surface area (Å²) in [5.74, 6) is 1.96. The number of likely N-dealkylation sites (tertiary alicyclic amines) is 1. The highest BCUT2D eigenvalue weighted by Gasteiger charge is 2.20. The van der Waals surface area contributed by atoms with Crippen LogP contribution in [0.4, 0.5) is 0 Å². The van der Waals surface area contributed by atoms with Gasteiger partial charge in [-0.05, 0) is 39.9 Å². The molecule has 1 heterocycles. The number of nitrogens with zero attached hydrogens (tertiary/aromatic N) is 3. The summed E-state index contributed by atoms with van der Waals surface area (Å²) < 4.78 is 5.53. The van der Waals surface area contributed by atoms with E-state index in [4.69, 9.17) is 9.73 Å². The molecule has 0 aromatic heterocycles. The monoisotopic (exact) mass is 318 g/mol. The van der Waals surface area contributed by atoms with Gasteiger partial charge in [-0.2, -0.15) is 0 Å². The molecule has 0 radical (unpaired) electrons. The Morgan fingerprint density at radius 2 is 2.00 bits per heavy atom. The van der Waals surface area contributed by atoms with Gasteiger partial charge in [0.2, 0.25) is 0 Å². The normalized spacial score (nSPS) is 16.7. The quantitative estimate of drug-likeness (QED) is 0.646. The van der Waals surface area contributed by atoms with Gasteiger partial charge in [0.25, 0.3) is 0 Å². The highest BCUT2D eigenvalue weighted by Crippen LogP contribution is 2.28. The predicted octanol–water partition coefficient (Wildman–Crippen LogP) is 2.36. The van der Waals surface area contributed by atoms with E-state index in [0.29, 0.717) is 6.54 Å². The van der Waals surface area contributed by atoms with Crippen molar-refractivity contribution < 1.29 is 4.74 Å². The number of benzene rings is 1. The van der Waals surface area contributed by atoms with Gasteiger partial charge in [0.15, 0.2) is 5.96 Å². The molecule has 1 aromatic rings. The van der Waals surface area contributed by atoms with Crippen LogP contribution in [0.5, 0.6) is 5.75 Å². The lowest BCUT2D eigenvalue weighted by atomic mass is 10.0. The molecule has 23 heavy (non-hydrogen) atoms. The van der Waals surface area contributed by atoms with E-state index in [1.807, 2.05) is 12.1 Å². The Morgan fingerprint density at radius 3 is 2.61 bits per heavy atom. The van der Waals surface area contributed by atoms with Crippen LogP contribution in [0.1, 0.15) is 31.4 Å². The molecule has 1 N–H and O–H groups in total. The maximum absolute atomic E-state index is 5.53. The van der Waals surface area contributed by atoms with Crippen molar-refractivity contribution in [2.75, 3.05) is 47.4 Å². The van der Waals surface area contributed by atoms with Crippen molar-refractivity contribution in [1.29, 1.82) is 0 Å². The molecule has 0 saturated carbocycles. The average molecular weight is 318 g/mol. The molecule has 2 rings (SSSR count). The van der Waals surface area contributed by atoms with Crippen LogP contribution in [-0.2, 0) is 0 Å². The molecule has 5 nitrogen and oxygen atoms in total. The van der Waals surface area contributed by atoms with Gasteiger partial charge in [-0.3, -0.25) is 4.99 Å². The van der Waals surface area contributed by atoms with Crippen molar-refractivity contribution in [3.05, 3.63) is 29.8 Å². The van der Waals surface area contributed by atoms with E-state index < -0.39 is 0 Å². The SMILES string of the molecule is CCNC(=NCC(c1ccccc1OC)N(C)C)N1CCCC1. The number of para-hydroxylation sites is 1. The first-order chi connectivity index (χ1) is 11.2. The van der Waals surface area contributed by atoms with Gasteiger partial charge in [-0.1, -0.05) is 18.2 Å². The maximum Gasteiger partial charge on any atom is 0.193 e. The number of hydrogen-bond acceptors (Lipinski definition) is 3. The van der Waals surface area contributed by atoms with Crippen LogP contribution in [0.2, 0.25) is 0 Å². The van der Waals surface area contributed by atoms with Crippen molar-refractivity contribution in [3.8, 4) is 5.75 Å². The Kier molecular flexibility index (Phi) is 6.71. The summed E-state index contributed by atoms with van der Waals surface area (Å²) in [6, 6.07) is 8.40. The summed E-state index contributed by atoms with van der Waals surface area (Å²) in [6.07, 6.45) is 2.52. The number of ether oxygens (including phenoxy) is 1. The minimum Gasteiger partial charge on any atom is -0.496 e. The molecular weight excluding hydrogens is 288 g/mol. The van der Waals surface area contributed by atoms with Gasteiger partial charge >= 0.3 is 0 Å². The molecule has 1 atom stereocenters. The first-order valence-corrected chi connectivity index (χ1v) is 8.50. The maximum atomic E-state index is 5.53. The second-order valence-corrected chi connectivity index (χ2v) is 6.11. The highest BCUT2D eigenvalue weighted by molar-refractivity contribution is 5.80. The first kappa shape index (κ1) is 17.6. The molecular formula is C18H30N4O. The number of methoxy groups -OCH3 is 1. The predicted molar refractivity (Wildman–Crippen MR) is 96.2 cm³/mol. The lowest BCUT2D eigenvalue weighted by molar-refractivity contribution is 0.294. The van der Waals surface area contributed by atoms with Crippen molar-refractivity contribution in [2.24, 2.45) is 4.99 Å². The number of rotatable bonds is 6. The Hall–Kier alpha value is -1.75. The summed E-state index contributed by atoms with van der Waals surface area (Å²) in [4.78, 5) is 9.47. The Labute approximate surface area is 140 Å². The molecule has 1 aromatic carbocycles. The topological polar surface area (TPSA) is 40.1 Å². The molecule has 1 unspecified atom stereocenters. The van der Waals surface area contributed by atoms with Crippen molar-refractivity contribution in [1.82, 2.24) is 15.1 Å². The van der Waals surface area contributed by atoms with E-state index in [1.165, 1.54) is 18.4 Å². The van der Waals surface area contributed by atoms with Crippen LogP contribution < -0.4 is 10.1 Å². The van der Waals surface area contributed by atoms with Crippen LogP contribution in [0.3, 0.4) is 0 Å². The Bertz CT molecular complexity index is 509. The van der Waals surface area contributed by atoms with Gasteiger partial charge < -0.3 is 19.9 Å². The number of nitrogens with one attached hydrogen (secondary N) is 1. The molecule has 128 valence electrons. The second kappa shape index (κ2) is 8.77. The van der Waals surface area contributed by atoms with E-state index in [1.54, 1.807) is 7.11 Å². The summed E-state index contributed by atoms with van der Waals surface area (Å²) in [7, 11) is 5.91. The molecule has 5 heteroatoms. The summed E-state index contributed by atoms with van der Waals surface area (Å²) in [6.45, 7) is 5.94. The number of guanidine groups is 1. The van der Waals surface area contributed by atoms with Crippen molar-refractivity contribution in [2.45, 2.75) is 25.8 Å². The minimum absolute atomic E-state index is 0.197. The zero-order chi connectivity index (χ0) is 16.7. The fourth-order valence-electron chi connectivity index (χ4n) is 3.01. The standard InChI is InChI=1S/C18H30N4O/c1-5-19-18(22-12-8-9-13-22)20-14-16(21(2)3)15-10-6-7-11-17(15)23-4/h6-7,10-11,16H,5,8-9,12-14H2,1-4H3,(H,19,20). The zero-order valence-corrected chi connectivity index (χ0v) is 14.9. The molecule has 0 spiro atoms. The third-order valence-corrected chi connectivity index (χ3v) is 4.28. The van der Waals surface area contributed by atoms with Gasteiger partial charge in [-0.15, -0.1) is 0 Å². The van der Waals surface area contributed by atoms with E-state index in [2.05, 4.69) is 48.3 Å². The van der Waals surface area contributed by atoms with Crippen molar-refractivity contribution in [3.63, 3.8) is 0 Å². The fraction of sp³-hybridized carbons (Fsp3) is 0.611. The van der Waals surface area contributed by atoms with E-state index >= 15 is 0 Å². The largest absolute Gasteiger partial charge is 0.496 e. The number of hydrogen-bond donors (Lipinski definition) is 1. The van der Waals surface area contributed by atoms with Crippen LogP contribution in [0, 0.1) is 0 Å². The lowest BCUT2D eigenvalue weighted by Crippen LogP contribution is -2.40. The molecule has 1 aliphatic rings. The third kappa shape index (κ3) is 4.61. The van der Waals surface area contributed by atoms with Gasteiger partial charge in [-0.25, -0.2) is 0 Å². The Morgan fingerprint density at radius 1 is 1.30 bits per heavy atom. The molecule has 0 aliphatic carbocycles. The number of aliphatic imine (C=N–C) groups is 1. The molecule has 0 amide bonds. The first-order valence-electron chi connectivity index (χ1n) is 8.50. The van der Waals surface area contributed by atoms with Crippen molar-refractivity contribution >= 4 is 5.96 Å². The molecule has 1 saturated heterocycles. The highest BCUT2D eigenvalue weighted by atomic mass is 16.5. The smallest absolute Gasteiger partial charge is 0.193 e. The van der Waals surface area contributed by atoms with Gasteiger partial charge in [0.1, 0.15) is 5.75 Å². The van der Waals surface area contributed by atoms with Crippen LogP contribution in [-0.4, -0.2) is 63.1 Å². The summed E-state index contributed by atoms with van der Waals surface area (Å²) in [5, 5.41) is 3.43. The number of likely N-dealkylation sites (N-methyl/N-ethyl adjacent to an activating group) is 1. The summed E-state index contributed by atoms with van der Waals surface area (Å²) in [5.41, 5.74) is 1.18. The average Bonchev–Trinajstić information content (AvgIpc) is 3.08. The molecule has 0 bridgehead atoms. The van der Waals surface area contributed by atoms with Gasteiger partial charge in [0, 0.05) is 25.2 Å². The third-order valence-electron chi connectivity index (χ3n) is 4.28. The molecule has 1 aliphatic heterocycles. The Balaban J connectivity index is 2.19. The van der Waals surface area contributed by atoms with Crippen LogP contribution >= 0.6 is 0 Å². The van der Waals surface area contributed by atoms with E-state index in [0.717, 1.165) is 31.3 Å². The van der Waals surface area contributed by atoms with Crippen LogP contribution in [0.15, 0.2) is 29.3 Å². The van der Waals surface area contributed by atoms with Gasteiger partial charge in [0.05, 0.1) is 19.7 Å². The fourth-order valence-corrected chi connectivity index (χ4v) is 3.01. The van der Waals surface area contributed by atoms with E-state index in [9.17, 15) is 0 Å². The van der Waals surface area contributed by atoms with Crippen LogP contribution in [0.25, 0.3) is 0 Å². The second-order valence-electron chi connectivity index (χ2n) is 6.11. The molecule has 1 fully saturated rings. The van der Waals surface area contributed by atoms with E-state index in [-0.39, 0.29) is 6.04 Å².